The van der Waals surface area contributed by atoms with E-state index in [0.717, 1.165) is 10.8 Å². The molecule has 3 rings (SSSR count). The first-order chi connectivity index (χ1) is 12.5. The number of hydrogen-bond acceptors (Lipinski definition) is 6. The van der Waals surface area contributed by atoms with Crippen molar-refractivity contribution < 1.29 is 28.5 Å². The Morgan fingerprint density at radius 1 is 0.692 bits per heavy atom. The standard InChI is InChI=1S/C20H18O6/c1-11(21)25-18-16-14-8-6-5-7-13(14)9-10-15(16)17(23-3)19(24-4)20(18)26-12(2)22/h5-10H,1-4H3. The number of carbonyl (C=O) groups is 2. The molecule has 3 aromatic rings. The van der Waals surface area contributed by atoms with E-state index in [-0.39, 0.29) is 17.2 Å². The summed E-state index contributed by atoms with van der Waals surface area (Å²) in [7, 11) is 2.92. The Kier molecular flexibility index (Phi) is 4.67. The number of methoxy groups -OCH3 is 2. The van der Waals surface area contributed by atoms with Crippen LogP contribution in [-0.4, -0.2) is 26.2 Å². The van der Waals surface area contributed by atoms with Gasteiger partial charge < -0.3 is 18.9 Å². The first kappa shape index (κ1) is 17.5. The average molecular weight is 354 g/mol. The monoisotopic (exact) mass is 354 g/mol. The summed E-state index contributed by atoms with van der Waals surface area (Å²) in [5.41, 5.74) is 0. The summed E-state index contributed by atoms with van der Waals surface area (Å²) in [6.45, 7) is 2.54. The number of esters is 2. The van der Waals surface area contributed by atoms with Crippen LogP contribution in [0, 0.1) is 0 Å². The molecule has 0 saturated heterocycles. The average Bonchev–Trinajstić information content (AvgIpc) is 2.61. The molecule has 6 heteroatoms. The van der Waals surface area contributed by atoms with E-state index in [0.29, 0.717) is 16.5 Å². The summed E-state index contributed by atoms with van der Waals surface area (Å²) >= 11 is 0. The van der Waals surface area contributed by atoms with Crippen LogP contribution in [0.5, 0.6) is 23.0 Å². The second-order valence-electron chi connectivity index (χ2n) is 5.62. The molecule has 26 heavy (non-hydrogen) atoms. The van der Waals surface area contributed by atoms with Crippen LogP contribution in [-0.2, 0) is 9.59 Å². The number of hydrogen-bond donors (Lipinski definition) is 0. The van der Waals surface area contributed by atoms with Crippen molar-refractivity contribution in [3.8, 4) is 23.0 Å². The van der Waals surface area contributed by atoms with Crippen LogP contribution >= 0.6 is 0 Å². The molecule has 0 fully saturated rings. The van der Waals surface area contributed by atoms with E-state index in [2.05, 4.69) is 0 Å². The fourth-order valence-electron chi connectivity index (χ4n) is 3.01. The molecule has 6 nitrogen and oxygen atoms in total. The molecule has 0 spiro atoms. The molecule has 0 unspecified atom stereocenters. The lowest BCUT2D eigenvalue weighted by Crippen LogP contribution is -2.10. The number of carbonyl (C=O) groups excluding carboxylic acids is 2. The molecule has 0 aliphatic rings. The Hall–Kier alpha value is -3.28. The second kappa shape index (κ2) is 6.92. The number of benzene rings is 3. The molecular formula is C20H18O6. The largest absolute Gasteiger partial charge is 0.492 e. The Balaban J connectivity index is 2.57. The Morgan fingerprint density at radius 2 is 1.31 bits per heavy atom. The summed E-state index contributed by atoms with van der Waals surface area (Å²) in [5.74, 6) is -0.409. The number of rotatable bonds is 4. The van der Waals surface area contributed by atoms with Crippen molar-refractivity contribution in [1.82, 2.24) is 0 Å². The minimum absolute atomic E-state index is 0.0101. The van der Waals surface area contributed by atoms with Gasteiger partial charge >= 0.3 is 11.9 Å². The van der Waals surface area contributed by atoms with Crippen molar-refractivity contribution in [2.45, 2.75) is 13.8 Å². The number of fused-ring (bicyclic) bond motifs is 3. The molecule has 0 aliphatic heterocycles. The maximum absolute atomic E-state index is 11.8. The van der Waals surface area contributed by atoms with Crippen LogP contribution in [0.25, 0.3) is 21.5 Å². The first-order valence-electron chi connectivity index (χ1n) is 7.94. The number of ether oxygens (including phenoxy) is 4. The molecule has 0 aliphatic carbocycles. The van der Waals surface area contributed by atoms with Crippen molar-refractivity contribution in [3.63, 3.8) is 0 Å². The summed E-state index contributed by atoms with van der Waals surface area (Å²) in [6, 6.07) is 11.4. The maximum atomic E-state index is 11.8. The van der Waals surface area contributed by atoms with E-state index < -0.39 is 11.9 Å². The Labute approximate surface area is 150 Å². The van der Waals surface area contributed by atoms with Crippen LogP contribution in [0.3, 0.4) is 0 Å². The first-order valence-corrected chi connectivity index (χ1v) is 7.94. The quantitative estimate of drug-likeness (QED) is 0.402. The van der Waals surface area contributed by atoms with E-state index in [1.54, 1.807) is 0 Å². The summed E-state index contributed by atoms with van der Waals surface area (Å²) in [4.78, 5) is 23.4. The fraction of sp³-hybridized carbons (Fsp3) is 0.200. The topological polar surface area (TPSA) is 71.1 Å². The Morgan fingerprint density at radius 3 is 1.92 bits per heavy atom. The van der Waals surface area contributed by atoms with Gasteiger partial charge in [-0.3, -0.25) is 9.59 Å². The smallest absolute Gasteiger partial charge is 0.308 e. The summed E-state index contributed by atoms with van der Waals surface area (Å²) < 4.78 is 21.7. The molecule has 3 aromatic carbocycles. The summed E-state index contributed by atoms with van der Waals surface area (Å²) in [6.07, 6.45) is 0. The lowest BCUT2D eigenvalue weighted by atomic mass is 9.99. The highest BCUT2D eigenvalue weighted by atomic mass is 16.6. The minimum atomic E-state index is -0.571. The van der Waals surface area contributed by atoms with Gasteiger partial charge in [-0.2, -0.15) is 0 Å². The lowest BCUT2D eigenvalue weighted by Gasteiger charge is -2.19. The lowest BCUT2D eigenvalue weighted by molar-refractivity contribution is -0.134. The van der Waals surface area contributed by atoms with Gasteiger partial charge in [-0.25, -0.2) is 0 Å². The van der Waals surface area contributed by atoms with E-state index in [4.69, 9.17) is 18.9 Å². The third-order valence-electron chi connectivity index (χ3n) is 3.92. The van der Waals surface area contributed by atoms with Crippen molar-refractivity contribution in [1.29, 1.82) is 0 Å². The van der Waals surface area contributed by atoms with Crippen LogP contribution < -0.4 is 18.9 Å². The van der Waals surface area contributed by atoms with Crippen LogP contribution in [0.2, 0.25) is 0 Å². The predicted octanol–water partition coefficient (Wildman–Crippen LogP) is 3.86. The predicted molar refractivity (Wildman–Crippen MR) is 97.2 cm³/mol. The van der Waals surface area contributed by atoms with E-state index >= 15 is 0 Å². The summed E-state index contributed by atoms with van der Waals surface area (Å²) in [5, 5.41) is 3.05. The third-order valence-corrected chi connectivity index (χ3v) is 3.92. The molecule has 0 amide bonds. The second-order valence-corrected chi connectivity index (χ2v) is 5.62. The van der Waals surface area contributed by atoms with Gasteiger partial charge in [-0.1, -0.05) is 30.3 Å². The maximum Gasteiger partial charge on any atom is 0.308 e. The van der Waals surface area contributed by atoms with E-state index in [1.165, 1.54) is 28.1 Å². The third kappa shape index (κ3) is 2.90. The van der Waals surface area contributed by atoms with Crippen molar-refractivity contribution in [2.75, 3.05) is 14.2 Å². The molecule has 0 bridgehead atoms. The highest BCUT2D eigenvalue weighted by molar-refractivity contribution is 6.15. The van der Waals surface area contributed by atoms with Crippen LogP contribution in [0.1, 0.15) is 13.8 Å². The minimum Gasteiger partial charge on any atom is -0.492 e. The SMILES string of the molecule is COc1c(OC(C)=O)c(OC(C)=O)c2c(ccc3ccccc32)c1OC. The van der Waals surface area contributed by atoms with Crippen molar-refractivity contribution in [2.24, 2.45) is 0 Å². The van der Waals surface area contributed by atoms with Gasteiger partial charge in [0.05, 0.1) is 14.2 Å². The highest BCUT2D eigenvalue weighted by Crippen LogP contribution is 2.52. The molecule has 0 radical (unpaired) electrons. The zero-order valence-corrected chi connectivity index (χ0v) is 14.9. The van der Waals surface area contributed by atoms with Crippen LogP contribution in [0.15, 0.2) is 36.4 Å². The Bertz CT molecular complexity index is 1020. The van der Waals surface area contributed by atoms with Gasteiger partial charge in [0.1, 0.15) is 0 Å². The fourth-order valence-corrected chi connectivity index (χ4v) is 3.01. The van der Waals surface area contributed by atoms with Gasteiger partial charge in [-0.15, -0.1) is 0 Å². The van der Waals surface area contributed by atoms with Crippen molar-refractivity contribution in [3.05, 3.63) is 36.4 Å². The molecule has 0 N–H and O–H groups in total. The van der Waals surface area contributed by atoms with Crippen molar-refractivity contribution >= 4 is 33.5 Å². The van der Waals surface area contributed by atoms with E-state index in [1.807, 2.05) is 36.4 Å². The molecule has 0 heterocycles. The molecule has 134 valence electrons. The molecule has 0 aromatic heterocycles. The van der Waals surface area contributed by atoms with Gasteiger partial charge in [-0.05, 0) is 16.8 Å². The van der Waals surface area contributed by atoms with Gasteiger partial charge in [0.2, 0.25) is 11.5 Å². The zero-order valence-electron chi connectivity index (χ0n) is 14.9. The van der Waals surface area contributed by atoms with Gasteiger partial charge in [0.15, 0.2) is 11.5 Å². The van der Waals surface area contributed by atoms with Gasteiger partial charge in [0, 0.05) is 24.6 Å². The van der Waals surface area contributed by atoms with E-state index in [9.17, 15) is 9.59 Å². The van der Waals surface area contributed by atoms with Crippen LogP contribution in [0.4, 0.5) is 0 Å². The molecule has 0 atom stereocenters. The highest BCUT2D eigenvalue weighted by Gasteiger charge is 2.27. The van der Waals surface area contributed by atoms with Gasteiger partial charge in [0.25, 0.3) is 0 Å². The molecular weight excluding hydrogens is 336 g/mol. The normalized spacial score (nSPS) is 10.6. The molecule has 0 saturated carbocycles. The zero-order chi connectivity index (χ0) is 18.8.